The predicted molar refractivity (Wildman–Crippen MR) is 72.0 cm³/mol. The molecule has 0 aromatic heterocycles. The van der Waals surface area contributed by atoms with E-state index in [1.807, 2.05) is 12.1 Å². The summed E-state index contributed by atoms with van der Waals surface area (Å²) in [5.74, 6) is 0.600. The summed E-state index contributed by atoms with van der Waals surface area (Å²) < 4.78 is 6.43. The third kappa shape index (κ3) is 3.54. The van der Waals surface area contributed by atoms with Gasteiger partial charge in [-0.1, -0.05) is 28.1 Å². The second kappa shape index (κ2) is 5.98. The van der Waals surface area contributed by atoms with Gasteiger partial charge in [-0.25, -0.2) is 0 Å². The Morgan fingerprint density at radius 1 is 1.41 bits per heavy atom. The zero-order valence-corrected chi connectivity index (χ0v) is 11.7. The third-order valence-electron chi connectivity index (χ3n) is 3.46. The van der Waals surface area contributed by atoms with Gasteiger partial charge < -0.3 is 9.84 Å². The van der Waals surface area contributed by atoms with Gasteiger partial charge in [-0.05, 0) is 49.3 Å². The number of halogens is 1. The molecule has 1 saturated heterocycles. The monoisotopic (exact) mass is 298 g/mol. The lowest BCUT2D eigenvalue weighted by Gasteiger charge is -2.24. The first-order valence-electron chi connectivity index (χ1n) is 6.18. The smallest absolute Gasteiger partial charge is 0.0792 e. The van der Waals surface area contributed by atoms with Crippen molar-refractivity contribution in [1.82, 2.24) is 0 Å². The molecule has 1 aliphatic rings. The number of ether oxygens (including phenoxy) is 1. The highest BCUT2D eigenvalue weighted by Gasteiger charge is 2.19. The van der Waals surface area contributed by atoms with Crippen LogP contribution >= 0.6 is 15.9 Å². The van der Waals surface area contributed by atoms with Gasteiger partial charge in [0.05, 0.1) is 6.10 Å². The van der Waals surface area contributed by atoms with Crippen LogP contribution in [-0.4, -0.2) is 18.3 Å². The Hall–Kier alpha value is -0.380. The van der Waals surface area contributed by atoms with Crippen LogP contribution in [0, 0.1) is 12.8 Å². The summed E-state index contributed by atoms with van der Waals surface area (Å²) in [6, 6.07) is 6.08. The Bertz CT molecular complexity index is 372. The fourth-order valence-electron chi connectivity index (χ4n) is 2.31. The van der Waals surface area contributed by atoms with Crippen molar-refractivity contribution in [2.75, 3.05) is 13.2 Å². The summed E-state index contributed by atoms with van der Waals surface area (Å²) >= 11 is 3.48. The molecule has 0 saturated carbocycles. The molecule has 17 heavy (non-hydrogen) atoms. The fraction of sp³-hybridized carbons (Fsp3) is 0.571. The second-order valence-corrected chi connectivity index (χ2v) is 5.67. The van der Waals surface area contributed by atoms with Crippen molar-refractivity contribution in [2.24, 2.45) is 5.92 Å². The molecule has 1 N–H and O–H groups in total. The van der Waals surface area contributed by atoms with Crippen molar-refractivity contribution in [3.63, 3.8) is 0 Å². The first-order valence-corrected chi connectivity index (χ1v) is 6.98. The molecule has 1 aliphatic heterocycles. The van der Waals surface area contributed by atoms with Crippen molar-refractivity contribution < 1.29 is 9.84 Å². The Labute approximate surface area is 111 Å². The largest absolute Gasteiger partial charge is 0.388 e. The van der Waals surface area contributed by atoms with E-state index in [1.165, 1.54) is 5.56 Å². The maximum atomic E-state index is 10.2. The molecule has 0 spiro atoms. The maximum absolute atomic E-state index is 10.2. The molecule has 1 fully saturated rings. The summed E-state index contributed by atoms with van der Waals surface area (Å²) in [5, 5.41) is 10.2. The van der Waals surface area contributed by atoms with E-state index in [0.717, 1.165) is 42.5 Å². The topological polar surface area (TPSA) is 29.5 Å². The van der Waals surface area contributed by atoms with Gasteiger partial charge in [0.25, 0.3) is 0 Å². The number of aliphatic hydroxyl groups excluding tert-OH is 1. The molecule has 2 nitrogen and oxygen atoms in total. The summed E-state index contributed by atoms with van der Waals surface area (Å²) in [6.45, 7) is 3.74. The van der Waals surface area contributed by atoms with Gasteiger partial charge in [0.1, 0.15) is 0 Å². The minimum atomic E-state index is -0.343. The Balaban J connectivity index is 1.98. The zero-order valence-electron chi connectivity index (χ0n) is 10.2. The lowest BCUT2D eigenvalue weighted by atomic mass is 9.91. The average molecular weight is 299 g/mol. The second-order valence-electron chi connectivity index (χ2n) is 4.82. The predicted octanol–water partition coefficient (Wildman–Crippen LogP) is 3.61. The average Bonchev–Trinajstić information content (AvgIpc) is 2.34. The first kappa shape index (κ1) is 13.1. The van der Waals surface area contributed by atoms with Gasteiger partial charge in [-0.2, -0.15) is 0 Å². The minimum Gasteiger partial charge on any atom is -0.388 e. The van der Waals surface area contributed by atoms with Crippen molar-refractivity contribution in [1.29, 1.82) is 0 Å². The standard InChI is InChI=1S/C14H19BrO2/c1-10-8-12(2-3-13(10)15)14(16)9-11-4-6-17-7-5-11/h2-3,8,11,14,16H,4-7,9H2,1H3. The number of hydrogen-bond acceptors (Lipinski definition) is 2. The van der Waals surface area contributed by atoms with Crippen LogP contribution in [-0.2, 0) is 4.74 Å². The van der Waals surface area contributed by atoms with Gasteiger partial charge in [-0.15, -0.1) is 0 Å². The van der Waals surface area contributed by atoms with E-state index >= 15 is 0 Å². The quantitative estimate of drug-likeness (QED) is 0.924. The van der Waals surface area contributed by atoms with Crippen LogP contribution in [0.1, 0.15) is 36.5 Å². The molecular weight excluding hydrogens is 280 g/mol. The van der Waals surface area contributed by atoms with Crippen LogP contribution in [0.2, 0.25) is 0 Å². The van der Waals surface area contributed by atoms with Crippen LogP contribution < -0.4 is 0 Å². The van der Waals surface area contributed by atoms with E-state index in [9.17, 15) is 5.11 Å². The van der Waals surface area contributed by atoms with Gasteiger partial charge in [0.2, 0.25) is 0 Å². The molecule has 0 aliphatic carbocycles. The van der Waals surface area contributed by atoms with E-state index in [0.29, 0.717) is 5.92 Å². The molecule has 2 rings (SSSR count). The van der Waals surface area contributed by atoms with Crippen LogP contribution in [0.4, 0.5) is 0 Å². The Morgan fingerprint density at radius 3 is 2.76 bits per heavy atom. The highest BCUT2D eigenvalue weighted by Crippen LogP contribution is 2.29. The molecular formula is C14H19BrO2. The minimum absolute atomic E-state index is 0.343. The van der Waals surface area contributed by atoms with E-state index in [-0.39, 0.29) is 6.10 Å². The highest BCUT2D eigenvalue weighted by atomic mass is 79.9. The van der Waals surface area contributed by atoms with Crippen molar-refractivity contribution in [3.8, 4) is 0 Å². The van der Waals surface area contributed by atoms with E-state index < -0.39 is 0 Å². The third-order valence-corrected chi connectivity index (χ3v) is 4.35. The maximum Gasteiger partial charge on any atom is 0.0792 e. The highest BCUT2D eigenvalue weighted by molar-refractivity contribution is 9.10. The molecule has 1 aromatic carbocycles. The van der Waals surface area contributed by atoms with Crippen molar-refractivity contribution >= 4 is 15.9 Å². The van der Waals surface area contributed by atoms with E-state index in [4.69, 9.17) is 4.74 Å². The number of hydrogen-bond donors (Lipinski definition) is 1. The molecule has 0 bridgehead atoms. The molecule has 0 radical (unpaired) electrons. The van der Waals surface area contributed by atoms with E-state index in [2.05, 4.69) is 28.9 Å². The van der Waals surface area contributed by atoms with Gasteiger partial charge in [0.15, 0.2) is 0 Å². The van der Waals surface area contributed by atoms with Crippen molar-refractivity contribution in [3.05, 3.63) is 33.8 Å². The molecule has 94 valence electrons. The Morgan fingerprint density at radius 2 is 2.12 bits per heavy atom. The van der Waals surface area contributed by atoms with Crippen LogP contribution in [0.3, 0.4) is 0 Å². The molecule has 0 amide bonds. The van der Waals surface area contributed by atoms with Crippen LogP contribution in [0.15, 0.2) is 22.7 Å². The molecule has 1 atom stereocenters. The first-order chi connectivity index (χ1) is 8.16. The molecule has 1 unspecified atom stereocenters. The van der Waals surface area contributed by atoms with Gasteiger partial charge in [0, 0.05) is 17.7 Å². The van der Waals surface area contributed by atoms with E-state index in [1.54, 1.807) is 0 Å². The van der Waals surface area contributed by atoms with Crippen molar-refractivity contribution in [2.45, 2.75) is 32.3 Å². The summed E-state index contributed by atoms with van der Waals surface area (Å²) in [6.07, 6.45) is 2.66. The van der Waals surface area contributed by atoms with Crippen LogP contribution in [0.25, 0.3) is 0 Å². The number of benzene rings is 1. The number of rotatable bonds is 3. The SMILES string of the molecule is Cc1cc(C(O)CC2CCOCC2)ccc1Br. The Kier molecular flexibility index (Phi) is 4.60. The normalized spacial score (nSPS) is 19.2. The molecule has 1 aromatic rings. The summed E-state index contributed by atoms with van der Waals surface area (Å²) in [5.41, 5.74) is 2.20. The molecule has 1 heterocycles. The lowest BCUT2D eigenvalue weighted by molar-refractivity contribution is 0.0435. The molecule has 3 heteroatoms. The van der Waals surface area contributed by atoms with Crippen LogP contribution in [0.5, 0.6) is 0 Å². The van der Waals surface area contributed by atoms with Gasteiger partial charge in [-0.3, -0.25) is 0 Å². The summed E-state index contributed by atoms with van der Waals surface area (Å²) in [7, 11) is 0. The summed E-state index contributed by atoms with van der Waals surface area (Å²) in [4.78, 5) is 0. The fourth-order valence-corrected chi connectivity index (χ4v) is 2.56. The van der Waals surface area contributed by atoms with Gasteiger partial charge >= 0.3 is 0 Å². The number of aliphatic hydroxyl groups is 1. The lowest BCUT2D eigenvalue weighted by Crippen LogP contribution is -2.18. The zero-order chi connectivity index (χ0) is 12.3. The number of aryl methyl sites for hydroxylation is 1.